The predicted molar refractivity (Wildman–Crippen MR) is 179 cm³/mol. The van der Waals surface area contributed by atoms with Gasteiger partial charge in [-0.2, -0.15) is 0 Å². The molecule has 0 N–H and O–H groups in total. The Morgan fingerprint density at radius 3 is 1.52 bits per heavy atom. The molecule has 0 amide bonds. The fourth-order valence-electron chi connectivity index (χ4n) is 6.38. The van der Waals surface area contributed by atoms with Crippen molar-refractivity contribution in [2.45, 2.75) is 0 Å². The Bertz CT molecular complexity index is 2270. The fourth-order valence-corrected chi connectivity index (χ4v) is 6.38. The summed E-state index contributed by atoms with van der Waals surface area (Å²) in [5.74, 6) is 1.96. The third-order valence-electron chi connectivity index (χ3n) is 8.36. The van der Waals surface area contributed by atoms with Crippen molar-refractivity contribution in [2.75, 3.05) is 4.90 Å². The molecule has 0 fully saturated rings. The number of benzene rings is 6. The Labute approximate surface area is 254 Å². The minimum absolute atomic E-state index is 0.644. The highest BCUT2D eigenvalue weighted by Crippen LogP contribution is 2.49. The van der Waals surface area contributed by atoms with E-state index in [4.69, 9.17) is 15.0 Å². The highest BCUT2D eigenvalue weighted by molar-refractivity contribution is 6.16. The average molecular weight is 564 g/mol. The standard InChI is InChI=1S/C39H25N5/c1-3-12-26(13-4-1)37-40-38(27-14-5-2-6-15-27)42-39(41-37)28-22-24-29(25-23-28)43-33-19-9-10-20-34(33)44-32-18-8-7-16-30(32)31-17-11-21-35(43)36(31)44/h1-25H. The molecule has 0 saturated heterocycles. The van der Waals surface area contributed by atoms with E-state index in [9.17, 15) is 0 Å². The minimum atomic E-state index is 0.644. The summed E-state index contributed by atoms with van der Waals surface area (Å²) in [5, 5.41) is 2.51. The van der Waals surface area contributed by atoms with Gasteiger partial charge in [-0.05, 0) is 48.5 Å². The summed E-state index contributed by atoms with van der Waals surface area (Å²) in [6, 6.07) is 52.6. The van der Waals surface area contributed by atoms with Crippen molar-refractivity contribution in [2.24, 2.45) is 0 Å². The summed E-state index contributed by atoms with van der Waals surface area (Å²) in [4.78, 5) is 17.1. The van der Waals surface area contributed by atoms with Crippen LogP contribution in [0, 0.1) is 0 Å². The van der Waals surface area contributed by atoms with Crippen molar-refractivity contribution in [1.82, 2.24) is 19.5 Å². The first kappa shape index (κ1) is 24.5. The lowest BCUT2D eigenvalue weighted by molar-refractivity contribution is 1.07. The van der Waals surface area contributed by atoms with E-state index in [1.54, 1.807) is 0 Å². The molecular weight excluding hydrogens is 538 g/mol. The molecule has 9 rings (SSSR count). The van der Waals surface area contributed by atoms with Crippen LogP contribution in [0.5, 0.6) is 0 Å². The van der Waals surface area contributed by atoms with Crippen molar-refractivity contribution in [1.29, 1.82) is 0 Å². The Balaban J connectivity index is 1.20. The molecule has 1 aliphatic rings. The van der Waals surface area contributed by atoms with E-state index >= 15 is 0 Å². The summed E-state index contributed by atoms with van der Waals surface area (Å²) in [5.41, 5.74) is 9.82. The molecule has 8 aromatic rings. The number of fused-ring (bicyclic) bond motifs is 5. The number of anilines is 3. The second-order valence-corrected chi connectivity index (χ2v) is 10.9. The van der Waals surface area contributed by atoms with Crippen LogP contribution in [0.3, 0.4) is 0 Å². The molecule has 0 bridgehead atoms. The normalized spacial score (nSPS) is 12.0. The van der Waals surface area contributed by atoms with Crippen molar-refractivity contribution < 1.29 is 0 Å². The molecule has 0 aliphatic carbocycles. The van der Waals surface area contributed by atoms with Crippen LogP contribution in [0.1, 0.15) is 0 Å². The van der Waals surface area contributed by atoms with E-state index in [1.807, 2.05) is 60.7 Å². The van der Waals surface area contributed by atoms with E-state index in [1.165, 1.54) is 27.5 Å². The maximum atomic E-state index is 4.92. The molecule has 0 spiro atoms. The lowest BCUT2D eigenvalue weighted by Gasteiger charge is -2.33. The summed E-state index contributed by atoms with van der Waals surface area (Å²) >= 11 is 0. The lowest BCUT2D eigenvalue weighted by Crippen LogP contribution is -2.18. The molecule has 206 valence electrons. The zero-order valence-electron chi connectivity index (χ0n) is 23.7. The van der Waals surface area contributed by atoms with Gasteiger partial charge in [0.25, 0.3) is 0 Å². The van der Waals surface area contributed by atoms with Crippen LogP contribution in [0.2, 0.25) is 0 Å². The zero-order chi connectivity index (χ0) is 29.0. The quantitative estimate of drug-likeness (QED) is 0.214. The first-order chi connectivity index (χ1) is 21.8. The third kappa shape index (κ3) is 3.76. The molecule has 2 aromatic heterocycles. The number of nitrogens with zero attached hydrogens (tertiary/aromatic N) is 5. The van der Waals surface area contributed by atoms with Gasteiger partial charge in [0.15, 0.2) is 17.5 Å². The zero-order valence-corrected chi connectivity index (χ0v) is 23.7. The molecule has 0 saturated carbocycles. The predicted octanol–water partition coefficient (Wildman–Crippen LogP) is 9.75. The van der Waals surface area contributed by atoms with E-state index in [0.29, 0.717) is 17.5 Å². The fraction of sp³-hybridized carbons (Fsp3) is 0. The van der Waals surface area contributed by atoms with Crippen LogP contribution < -0.4 is 4.90 Å². The van der Waals surface area contributed by atoms with E-state index < -0.39 is 0 Å². The van der Waals surface area contributed by atoms with Gasteiger partial charge < -0.3 is 9.47 Å². The van der Waals surface area contributed by atoms with Crippen LogP contribution >= 0.6 is 0 Å². The van der Waals surface area contributed by atoms with Crippen LogP contribution in [0.15, 0.2) is 152 Å². The smallest absolute Gasteiger partial charge is 0.164 e. The second-order valence-electron chi connectivity index (χ2n) is 10.9. The molecule has 0 unspecified atom stereocenters. The lowest BCUT2D eigenvalue weighted by atomic mass is 10.1. The third-order valence-corrected chi connectivity index (χ3v) is 8.36. The second kappa shape index (κ2) is 9.75. The topological polar surface area (TPSA) is 46.8 Å². The van der Waals surface area contributed by atoms with Crippen LogP contribution in [-0.2, 0) is 0 Å². The Kier molecular flexibility index (Phi) is 5.43. The first-order valence-electron chi connectivity index (χ1n) is 14.7. The first-order valence-corrected chi connectivity index (χ1v) is 14.7. The number of aromatic nitrogens is 4. The maximum absolute atomic E-state index is 4.92. The monoisotopic (exact) mass is 563 g/mol. The molecule has 1 aliphatic heterocycles. The van der Waals surface area contributed by atoms with Crippen LogP contribution in [0.4, 0.5) is 17.1 Å². The van der Waals surface area contributed by atoms with Crippen molar-refractivity contribution in [3.63, 3.8) is 0 Å². The Morgan fingerprint density at radius 2 is 0.864 bits per heavy atom. The van der Waals surface area contributed by atoms with Crippen LogP contribution in [0.25, 0.3) is 61.7 Å². The Morgan fingerprint density at radius 1 is 0.364 bits per heavy atom. The number of rotatable bonds is 4. The van der Waals surface area contributed by atoms with Crippen molar-refractivity contribution in [3.05, 3.63) is 152 Å². The average Bonchev–Trinajstić information content (AvgIpc) is 3.45. The van der Waals surface area contributed by atoms with Gasteiger partial charge in [0.1, 0.15) is 0 Å². The molecule has 44 heavy (non-hydrogen) atoms. The molecule has 6 aromatic carbocycles. The maximum Gasteiger partial charge on any atom is 0.164 e. The Hall–Kier alpha value is -6.07. The van der Waals surface area contributed by atoms with Gasteiger partial charge in [-0.1, -0.05) is 103 Å². The molecular formula is C39H25N5. The summed E-state index contributed by atoms with van der Waals surface area (Å²) in [6.07, 6.45) is 0. The van der Waals surface area contributed by atoms with Gasteiger partial charge in [0.05, 0.1) is 28.1 Å². The van der Waals surface area contributed by atoms with Crippen molar-refractivity contribution >= 4 is 38.9 Å². The van der Waals surface area contributed by atoms with Gasteiger partial charge in [0, 0.05) is 33.2 Å². The van der Waals surface area contributed by atoms with Gasteiger partial charge in [-0.15, -0.1) is 0 Å². The van der Waals surface area contributed by atoms with E-state index in [2.05, 4.69) is 100 Å². The van der Waals surface area contributed by atoms with Gasteiger partial charge >= 0.3 is 0 Å². The molecule has 0 atom stereocenters. The van der Waals surface area contributed by atoms with Gasteiger partial charge in [-0.25, -0.2) is 15.0 Å². The van der Waals surface area contributed by atoms with Crippen LogP contribution in [-0.4, -0.2) is 19.5 Å². The van der Waals surface area contributed by atoms with Gasteiger partial charge in [0.2, 0.25) is 0 Å². The van der Waals surface area contributed by atoms with Crippen molar-refractivity contribution in [3.8, 4) is 39.9 Å². The van der Waals surface area contributed by atoms with E-state index in [0.717, 1.165) is 33.8 Å². The highest BCUT2D eigenvalue weighted by Gasteiger charge is 2.28. The van der Waals surface area contributed by atoms with E-state index in [-0.39, 0.29) is 0 Å². The highest BCUT2D eigenvalue weighted by atomic mass is 15.2. The van der Waals surface area contributed by atoms with Gasteiger partial charge in [-0.3, -0.25) is 0 Å². The SMILES string of the molecule is c1ccc(-c2nc(-c3ccccc3)nc(-c3ccc(N4c5ccccc5-n5c6ccccc6c6cccc4c65)cc3)n2)cc1. The molecule has 5 heteroatoms. The molecule has 0 radical (unpaired) electrons. The number of para-hydroxylation sites is 4. The molecule has 5 nitrogen and oxygen atoms in total. The number of hydrogen-bond acceptors (Lipinski definition) is 4. The molecule has 3 heterocycles. The summed E-state index contributed by atoms with van der Waals surface area (Å²) in [7, 11) is 0. The summed E-state index contributed by atoms with van der Waals surface area (Å²) in [6.45, 7) is 0. The largest absolute Gasteiger partial charge is 0.306 e. The minimum Gasteiger partial charge on any atom is -0.306 e. The summed E-state index contributed by atoms with van der Waals surface area (Å²) < 4.78 is 2.40. The number of hydrogen-bond donors (Lipinski definition) is 0.